The van der Waals surface area contributed by atoms with Crippen LogP contribution in [0.1, 0.15) is 45.2 Å². The van der Waals surface area contributed by atoms with Crippen molar-refractivity contribution >= 4 is 0 Å². The maximum Gasteiger partial charge on any atom is 0.120 e. The SMILES string of the molecule is CC(C)(C)Oc1ccc([C@H](N)CCCN)cc1. The Morgan fingerprint density at radius 2 is 1.76 bits per heavy atom. The summed E-state index contributed by atoms with van der Waals surface area (Å²) in [5.74, 6) is 0.882. The summed E-state index contributed by atoms with van der Waals surface area (Å²) < 4.78 is 5.76. The van der Waals surface area contributed by atoms with E-state index in [1.165, 1.54) is 0 Å². The number of hydrogen-bond donors (Lipinski definition) is 2. The number of ether oxygens (including phenoxy) is 1. The lowest BCUT2D eigenvalue weighted by Gasteiger charge is -2.21. The van der Waals surface area contributed by atoms with Gasteiger partial charge in [-0.25, -0.2) is 0 Å². The first-order chi connectivity index (χ1) is 7.92. The van der Waals surface area contributed by atoms with Crippen LogP contribution in [0.25, 0.3) is 0 Å². The smallest absolute Gasteiger partial charge is 0.120 e. The highest BCUT2D eigenvalue weighted by Gasteiger charge is 2.12. The molecular formula is C14H24N2O. The number of hydrogen-bond acceptors (Lipinski definition) is 3. The van der Waals surface area contributed by atoms with Gasteiger partial charge in [-0.1, -0.05) is 12.1 Å². The highest BCUT2D eigenvalue weighted by atomic mass is 16.5. The Kier molecular flexibility index (Phi) is 4.97. The van der Waals surface area contributed by atoms with Crippen LogP contribution in [0.5, 0.6) is 5.75 Å². The third-order valence-electron chi connectivity index (χ3n) is 2.45. The van der Waals surface area contributed by atoms with Gasteiger partial charge in [0.2, 0.25) is 0 Å². The van der Waals surface area contributed by atoms with E-state index in [-0.39, 0.29) is 11.6 Å². The molecule has 1 aromatic carbocycles. The zero-order chi connectivity index (χ0) is 12.9. The summed E-state index contributed by atoms with van der Waals surface area (Å²) in [4.78, 5) is 0. The van der Waals surface area contributed by atoms with E-state index in [1.807, 2.05) is 45.0 Å². The minimum Gasteiger partial charge on any atom is -0.488 e. The van der Waals surface area contributed by atoms with Gasteiger partial charge in [0.25, 0.3) is 0 Å². The van der Waals surface area contributed by atoms with E-state index in [1.54, 1.807) is 0 Å². The lowest BCUT2D eigenvalue weighted by atomic mass is 10.0. The third kappa shape index (κ3) is 5.20. The van der Waals surface area contributed by atoms with E-state index < -0.39 is 0 Å². The number of nitrogens with two attached hydrogens (primary N) is 2. The molecule has 17 heavy (non-hydrogen) atoms. The molecular weight excluding hydrogens is 212 g/mol. The fraction of sp³-hybridized carbons (Fsp3) is 0.571. The summed E-state index contributed by atoms with van der Waals surface area (Å²) in [7, 11) is 0. The van der Waals surface area contributed by atoms with Gasteiger partial charge in [-0.2, -0.15) is 0 Å². The second-order valence-corrected chi connectivity index (χ2v) is 5.32. The molecule has 0 amide bonds. The molecule has 0 fully saturated rings. The number of benzene rings is 1. The first-order valence-corrected chi connectivity index (χ1v) is 6.17. The third-order valence-corrected chi connectivity index (χ3v) is 2.45. The van der Waals surface area contributed by atoms with Gasteiger partial charge < -0.3 is 16.2 Å². The standard InChI is InChI=1S/C14H24N2O/c1-14(2,3)17-12-8-6-11(7-9-12)13(16)5-4-10-15/h6-9,13H,4-5,10,15-16H2,1-3H3/t13-/m1/s1. The van der Waals surface area contributed by atoms with E-state index in [4.69, 9.17) is 16.2 Å². The molecule has 0 unspecified atom stereocenters. The molecule has 0 aliphatic carbocycles. The molecule has 0 aliphatic heterocycles. The van der Waals surface area contributed by atoms with Crippen molar-refractivity contribution in [3.63, 3.8) is 0 Å². The topological polar surface area (TPSA) is 61.3 Å². The summed E-state index contributed by atoms with van der Waals surface area (Å²) in [6.07, 6.45) is 1.89. The molecule has 0 saturated carbocycles. The molecule has 0 spiro atoms. The first kappa shape index (κ1) is 14.0. The maximum absolute atomic E-state index is 6.06. The molecule has 0 heterocycles. The van der Waals surface area contributed by atoms with Gasteiger partial charge in [-0.05, 0) is 57.9 Å². The molecule has 0 radical (unpaired) electrons. The normalized spacial score (nSPS) is 13.5. The van der Waals surface area contributed by atoms with Crippen LogP contribution in [-0.4, -0.2) is 12.1 Å². The van der Waals surface area contributed by atoms with E-state index >= 15 is 0 Å². The Labute approximate surface area is 104 Å². The van der Waals surface area contributed by atoms with Crippen molar-refractivity contribution < 1.29 is 4.74 Å². The van der Waals surface area contributed by atoms with Crippen molar-refractivity contribution in [3.05, 3.63) is 29.8 Å². The summed E-state index contributed by atoms with van der Waals surface area (Å²) in [5.41, 5.74) is 12.5. The first-order valence-electron chi connectivity index (χ1n) is 6.17. The van der Waals surface area contributed by atoms with Crippen LogP contribution in [-0.2, 0) is 0 Å². The Morgan fingerprint density at radius 3 is 2.24 bits per heavy atom. The fourth-order valence-corrected chi connectivity index (χ4v) is 1.64. The van der Waals surface area contributed by atoms with E-state index in [0.717, 1.165) is 24.2 Å². The van der Waals surface area contributed by atoms with Crippen LogP contribution in [0.15, 0.2) is 24.3 Å². The second-order valence-electron chi connectivity index (χ2n) is 5.32. The number of rotatable bonds is 5. The van der Waals surface area contributed by atoms with Crippen LogP contribution in [0.3, 0.4) is 0 Å². The predicted octanol–water partition coefficient (Wildman–Crippen LogP) is 2.60. The minimum atomic E-state index is -0.164. The van der Waals surface area contributed by atoms with Gasteiger partial charge in [-0.3, -0.25) is 0 Å². The second kappa shape index (κ2) is 6.03. The molecule has 1 rings (SSSR count). The lowest BCUT2D eigenvalue weighted by Crippen LogP contribution is -2.23. The van der Waals surface area contributed by atoms with Gasteiger partial charge in [0.1, 0.15) is 11.4 Å². The Balaban J connectivity index is 2.61. The molecule has 1 atom stereocenters. The zero-order valence-corrected chi connectivity index (χ0v) is 11.1. The summed E-state index contributed by atoms with van der Waals surface area (Å²) in [5, 5.41) is 0. The Bertz CT molecular complexity index is 327. The summed E-state index contributed by atoms with van der Waals surface area (Å²) >= 11 is 0. The van der Waals surface area contributed by atoms with Crippen LogP contribution in [0.4, 0.5) is 0 Å². The van der Waals surface area contributed by atoms with Crippen molar-refractivity contribution in [3.8, 4) is 5.75 Å². The predicted molar refractivity (Wildman–Crippen MR) is 72.0 cm³/mol. The van der Waals surface area contributed by atoms with Crippen LogP contribution in [0, 0.1) is 0 Å². The van der Waals surface area contributed by atoms with Gasteiger partial charge in [0.15, 0.2) is 0 Å². The van der Waals surface area contributed by atoms with E-state index in [0.29, 0.717) is 6.54 Å². The highest BCUT2D eigenvalue weighted by Crippen LogP contribution is 2.22. The van der Waals surface area contributed by atoms with Gasteiger partial charge >= 0.3 is 0 Å². The molecule has 0 aromatic heterocycles. The molecule has 0 saturated heterocycles. The molecule has 4 N–H and O–H groups in total. The monoisotopic (exact) mass is 236 g/mol. The fourth-order valence-electron chi connectivity index (χ4n) is 1.64. The zero-order valence-electron chi connectivity index (χ0n) is 11.1. The molecule has 0 bridgehead atoms. The van der Waals surface area contributed by atoms with E-state index in [2.05, 4.69) is 0 Å². The van der Waals surface area contributed by atoms with Gasteiger partial charge in [0.05, 0.1) is 0 Å². The molecule has 3 nitrogen and oxygen atoms in total. The average molecular weight is 236 g/mol. The van der Waals surface area contributed by atoms with Gasteiger partial charge in [-0.15, -0.1) is 0 Å². The average Bonchev–Trinajstić information content (AvgIpc) is 2.24. The van der Waals surface area contributed by atoms with Crippen LogP contribution < -0.4 is 16.2 Å². The molecule has 3 heteroatoms. The Hall–Kier alpha value is -1.06. The van der Waals surface area contributed by atoms with Crippen molar-refractivity contribution in [2.24, 2.45) is 11.5 Å². The minimum absolute atomic E-state index is 0.0715. The van der Waals surface area contributed by atoms with E-state index in [9.17, 15) is 0 Å². The summed E-state index contributed by atoms with van der Waals surface area (Å²) in [6, 6.07) is 8.08. The molecule has 96 valence electrons. The van der Waals surface area contributed by atoms with Crippen molar-refractivity contribution in [2.45, 2.75) is 45.3 Å². The molecule has 1 aromatic rings. The highest BCUT2D eigenvalue weighted by molar-refractivity contribution is 5.29. The maximum atomic E-state index is 6.06. The van der Waals surface area contributed by atoms with Gasteiger partial charge in [0, 0.05) is 6.04 Å². The Morgan fingerprint density at radius 1 is 1.18 bits per heavy atom. The van der Waals surface area contributed by atoms with Crippen molar-refractivity contribution in [1.82, 2.24) is 0 Å². The quantitative estimate of drug-likeness (QED) is 0.826. The van der Waals surface area contributed by atoms with Crippen LogP contribution in [0.2, 0.25) is 0 Å². The lowest BCUT2D eigenvalue weighted by molar-refractivity contribution is 0.131. The largest absolute Gasteiger partial charge is 0.488 e. The van der Waals surface area contributed by atoms with Crippen molar-refractivity contribution in [1.29, 1.82) is 0 Å². The van der Waals surface area contributed by atoms with Crippen LogP contribution >= 0.6 is 0 Å². The summed E-state index contributed by atoms with van der Waals surface area (Å²) in [6.45, 7) is 6.80. The van der Waals surface area contributed by atoms with Crippen molar-refractivity contribution in [2.75, 3.05) is 6.54 Å². The molecule has 0 aliphatic rings.